The first kappa shape index (κ1) is 34.5. The van der Waals surface area contributed by atoms with Crippen LogP contribution in [0.25, 0.3) is 96.6 Å². The molecule has 0 aliphatic heterocycles. The lowest BCUT2D eigenvalue weighted by molar-refractivity contribution is 1.31. The van der Waals surface area contributed by atoms with Gasteiger partial charge in [0, 0.05) is 31.5 Å². The van der Waals surface area contributed by atoms with Crippen LogP contribution in [-0.2, 0) is 0 Å². The van der Waals surface area contributed by atoms with Crippen LogP contribution in [0.3, 0.4) is 0 Å². The zero-order chi connectivity index (χ0) is 39.6. The highest BCUT2D eigenvalue weighted by Gasteiger charge is 2.21. The minimum atomic E-state index is 1.11. The summed E-state index contributed by atoms with van der Waals surface area (Å²) < 4.78 is 2.61. The molecular weight excluding hydrogens is 743 g/mol. The average Bonchev–Trinajstić information content (AvgIpc) is 3.72. The molecule has 0 unspecified atom stereocenters. The summed E-state index contributed by atoms with van der Waals surface area (Å²) in [6, 6.07) is 82.5. The van der Waals surface area contributed by atoms with Gasteiger partial charge < -0.3 is 4.90 Å². The van der Waals surface area contributed by atoms with E-state index in [0.29, 0.717) is 0 Å². The molecule has 0 saturated heterocycles. The Morgan fingerprint density at radius 3 is 1.65 bits per heavy atom. The molecule has 11 aromatic carbocycles. The smallest absolute Gasteiger partial charge is 0.0554 e. The van der Waals surface area contributed by atoms with E-state index in [-0.39, 0.29) is 0 Å². The number of hydrogen-bond donors (Lipinski definition) is 0. The molecule has 0 saturated carbocycles. The van der Waals surface area contributed by atoms with Crippen molar-refractivity contribution in [1.82, 2.24) is 0 Å². The second kappa shape index (κ2) is 14.1. The van der Waals surface area contributed by atoms with Crippen molar-refractivity contribution < 1.29 is 0 Å². The number of fused-ring (bicyclic) bond motifs is 9. The Hall–Kier alpha value is -7.52. The van der Waals surface area contributed by atoms with Gasteiger partial charge in [-0.15, -0.1) is 11.3 Å². The SMILES string of the molecule is c1ccc(-c2ccc(-c3ccc(N(c4ccc5c(-c6cc7ccccc7c7ccccc67)cccc5c4)c4cccc5sc6c7ccccc7ccc6c45)cc3)cc2)cc1. The number of hydrogen-bond acceptors (Lipinski definition) is 2. The Labute approximate surface area is 352 Å². The van der Waals surface area contributed by atoms with Gasteiger partial charge in [0.05, 0.1) is 5.69 Å². The number of thiophene rings is 1. The highest BCUT2D eigenvalue weighted by molar-refractivity contribution is 7.26. The molecule has 1 aromatic heterocycles. The molecule has 0 atom stereocenters. The maximum Gasteiger partial charge on any atom is 0.0554 e. The molecule has 0 bridgehead atoms. The van der Waals surface area contributed by atoms with E-state index in [9.17, 15) is 0 Å². The van der Waals surface area contributed by atoms with E-state index in [4.69, 9.17) is 0 Å². The summed E-state index contributed by atoms with van der Waals surface area (Å²) in [6.07, 6.45) is 0. The van der Waals surface area contributed by atoms with Crippen LogP contribution in [0.5, 0.6) is 0 Å². The fourth-order valence-electron chi connectivity index (χ4n) is 9.36. The van der Waals surface area contributed by atoms with Crippen LogP contribution in [0, 0.1) is 0 Å². The van der Waals surface area contributed by atoms with Crippen molar-refractivity contribution in [2.24, 2.45) is 0 Å². The standard InChI is InChI=1S/C58H37NS/c1-2-12-38(13-3-1)39-24-26-40(27-25-39)41-28-31-45(32-29-41)59(55-22-11-23-56-57(55)53-34-30-42-14-4-7-18-49(42)58(53)60-56)46-33-35-48-43(36-46)16-10-21-51(48)54-37-44-15-5-6-17-47(44)50-19-8-9-20-52(50)54/h1-37H. The zero-order valence-electron chi connectivity index (χ0n) is 32.7. The number of rotatable bonds is 6. The highest BCUT2D eigenvalue weighted by atomic mass is 32.1. The van der Waals surface area contributed by atoms with Gasteiger partial charge in [0.25, 0.3) is 0 Å². The summed E-state index contributed by atoms with van der Waals surface area (Å²) >= 11 is 1.89. The number of benzene rings is 11. The van der Waals surface area contributed by atoms with Crippen molar-refractivity contribution >= 4 is 91.7 Å². The third-order valence-corrected chi connectivity index (χ3v) is 13.4. The lowest BCUT2D eigenvalue weighted by Crippen LogP contribution is -2.10. The molecule has 280 valence electrons. The monoisotopic (exact) mass is 779 g/mol. The van der Waals surface area contributed by atoms with Gasteiger partial charge >= 0.3 is 0 Å². The van der Waals surface area contributed by atoms with E-state index in [0.717, 1.165) is 11.4 Å². The topological polar surface area (TPSA) is 3.24 Å². The normalized spacial score (nSPS) is 11.7. The number of anilines is 3. The van der Waals surface area contributed by atoms with Crippen molar-refractivity contribution in [3.8, 4) is 33.4 Å². The molecule has 0 N–H and O–H groups in total. The summed E-state index contributed by atoms with van der Waals surface area (Å²) in [4.78, 5) is 2.46. The molecule has 60 heavy (non-hydrogen) atoms. The molecule has 0 amide bonds. The third-order valence-electron chi connectivity index (χ3n) is 12.2. The molecule has 2 heteroatoms. The van der Waals surface area contributed by atoms with Gasteiger partial charge in [-0.05, 0) is 119 Å². The van der Waals surface area contributed by atoms with Gasteiger partial charge in [-0.3, -0.25) is 0 Å². The zero-order valence-corrected chi connectivity index (χ0v) is 33.5. The van der Waals surface area contributed by atoms with Crippen LogP contribution < -0.4 is 4.90 Å². The number of nitrogens with zero attached hydrogens (tertiary/aromatic N) is 1. The van der Waals surface area contributed by atoms with E-state index in [2.05, 4.69) is 229 Å². The van der Waals surface area contributed by atoms with Gasteiger partial charge in [0.15, 0.2) is 0 Å². The minimum Gasteiger partial charge on any atom is -0.310 e. The quantitative estimate of drug-likeness (QED) is 0.152. The molecule has 1 nitrogen and oxygen atoms in total. The fraction of sp³-hybridized carbons (Fsp3) is 0. The van der Waals surface area contributed by atoms with Gasteiger partial charge in [-0.1, -0.05) is 182 Å². The molecular formula is C58H37NS. The van der Waals surface area contributed by atoms with Crippen molar-refractivity contribution in [2.75, 3.05) is 4.90 Å². The Morgan fingerprint density at radius 2 is 0.867 bits per heavy atom. The maximum atomic E-state index is 2.46. The summed E-state index contributed by atoms with van der Waals surface area (Å²) in [5.41, 5.74) is 10.7. The van der Waals surface area contributed by atoms with Gasteiger partial charge in [-0.2, -0.15) is 0 Å². The van der Waals surface area contributed by atoms with Gasteiger partial charge in [-0.25, -0.2) is 0 Å². The molecule has 0 spiro atoms. The third kappa shape index (κ3) is 5.68. The molecule has 1 heterocycles. The van der Waals surface area contributed by atoms with Gasteiger partial charge in [0.1, 0.15) is 0 Å². The highest BCUT2D eigenvalue weighted by Crippen LogP contribution is 2.48. The first-order valence-electron chi connectivity index (χ1n) is 20.6. The van der Waals surface area contributed by atoms with Crippen LogP contribution in [0.15, 0.2) is 224 Å². The first-order chi connectivity index (χ1) is 29.7. The van der Waals surface area contributed by atoms with E-state index >= 15 is 0 Å². The Bertz CT molecular complexity index is 3580. The Balaban J connectivity index is 1.03. The average molecular weight is 780 g/mol. The summed E-state index contributed by atoms with van der Waals surface area (Å²) in [6.45, 7) is 0. The predicted octanol–water partition coefficient (Wildman–Crippen LogP) is 17.1. The van der Waals surface area contributed by atoms with E-state index < -0.39 is 0 Å². The first-order valence-corrected chi connectivity index (χ1v) is 21.4. The van der Waals surface area contributed by atoms with E-state index in [1.807, 2.05) is 11.3 Å². The summed E-state index contributed by atoms with van der Waals surface area (Å²) in [5.74, 6) is 0. The van der Waals surface area contributed by atoms with E-state index in [1.54, 1.807) is 0 Å². The summed E-state index contributed by atoms with van der Waals surface area (Å²) in [7, 11) is 0. The van der Waals surface area contributed by atoms with Crippen LogP contribution in [0.2, 0.25) is 0 Å². The van der Waals surface area contributed by atoms with Crippen LogP contribution in [0.1, 0.15) is 0 Å². The van der Waals surface area contributed by atoms with E-state index in [1.165, 1.54) is 102 Å². The Kier molecular flexibility index (Phi) is 8.11. The lowest BCUT2D eigenvalue weighted by Gasteiger charge is -2.27. The molecule has 0 aliphatic rings. The minimum absolute atomic E-state index is 1.11. The Morgan fingerprint density at radius 1 is 0.300 bits per heavy atom. The second-order valence-electron chi connectivity index (χ2n) is 15.6. The fourth-order valence-corrected chi connectivity index (χ4v) is 10.6. The van der Waals surface area contributed by atoms with Crippen LogP contribution >= 0.6 is 11.3 Å². The molecule has 0 aliphatic carbocycles. The molecule has 12 aromatic rings. The van der Waals surface area contributed by atoms with Crippen molar-refractivity contribution in [2.45, 2.75) is 0 Å². The van der Waals surface area contributed by atoms with Crippen LogP contribution in [-0.4, -0.2) is 0 Å². The summed E-state index contributed by atoms with van der Waals surface area (Å²) in [5, 5.41) is 12.7. The maximum absolute atomic E-state index is 2.46. The van der Waals surface area contributed by atoms with Crippen molar-refractivity contribution in [1.29, 1.82) is 0 Å². The predicted molar refractivity (Wildman–Crippen MR) is 260 cm³/mol. The van der Waals surface area contributed by atoms with Crippen molar-refractivity contribution in [3.63, 3.8) is 0 Å². The largest absolute Gasteiger partial charge is 0.310 e. The van der Waals surface area contributed by atoms with Gasteiger partial charge in [0.2, 0.25) is 0 Å². The van der Waals surface area contributed by atoms with Crippen molar-refractivity contribution in [3.05, 3.63) is 224 Å². The second-order valence-corrected chi connectivity index (χ2v) is 16.7. The van der Waals surface area contributed by atoms with Crippen LogP contribution in [0.4, 0.5) is 17.1 Å². The lowest BCUT2D eigenvalue weighted by atomic mass is 9.90. The molecule has 0 fully saturated rings. The molecule has 12 rings (SSSR count). The molecule has 0 radical (unpaired) electrons.